The van der Waals surface area contributed by atoms with Crippen molar-refractivity contribution in [2.24, 2.45) is 5.73 Å². The van der Waals surface area contributed by atoms with Crippen LogP contribution in [0.1, 0.15) is 80.9 Å². The number of aromatic hydroxyl groups is 8. The smallest absolute Gasteiger partial charge is 0.335 e. The standard InChI is InChI=1S/C9H8O4.C9H8O2.C8H8O2.C7H7NO.C7H6O5.C7H6O3.C6H14O6.C6H6O2.C5H8O3.C4H8N2O.C3H6N2O.C3H8N2O.C3H4N2.C3H6O3.C2H6O2/c10-7-3-1-6(5-8(7)11)2-4-9(12)13;10-9(11)7-6-8-4-2-1-3-5-8;9-8(10)6-7-4-2-1-3-5-7;8-7(9)6-4-2-1-3-5-6;8-4-1-3(7(11)12)2-5(9)6(4)10;8-6-3-1-5(2-4-6)7(9)10;7-1-3(9)5(11)6(12)4(10)2-8;7-5-2-1-3-6(8)4-5;1-4(6)2-3-5(7)8;7-4-5-2-1-3-6-4;6-3-4-1-2-5-3;1-4-3(6)5-2;1-2-5-3-4-1;1-2(4)3(5)6;3-1-2-4/h1-5,10-11H,(H,12,13);1-7H,(H,10,11);1-5H,6H2,(H,9,10);1-5H,(H2,8,9);1-2,8-10H,(H,11,12);1-4,8H,(H,9,10);3-12H,1-2H2;1-4,7-8H;2-3H2,1H3,(H,7,8);1-3H2,(H2,5,6,7);1-2H2,(H2,4,5,6);1-2H3,(H2,4,5,6);1-3H,(H,4,5);2,4H,1H3,(H,5,6);3-4H,1-2H2/b4-2+;7-6+;;;;;;;;;;;;;/t;;;;;;3-,4+,5-,6-;;;;;;;;/m......1......../s1. The summed E-state index contributed by atoms with van der Waals surface area (Å²) in [4.78, 5) is 127. The van der Waals surface area contributed by atoms with E-state index in [1.54, 1.807) is 81.4 Å². The minimum atomic E-state index is -1.67. The van der Waals surface area contributed by atoms with Crippen LogP contribution in [0.4, 0.5) is 14.4 Å². The van der Waals surface area contributed by atoms with E-state index < -0.39 is 103 Å². The molecule has 8 aromatic rings. The fourth-order valence-electron chi connectivity index (χ4n) is 7.00. The number of phenols is 8. The molecule has 3 heterocycles. The lowest BCUT2D eigenvalue weighted by Crippen LogP contribution is -2.46. The van der Waals surface area contributed by atoms with Gasteiger partial charge in [0, 0.05) is 82.9 Å². The normalized spacial score (nSPS) is 11.7. The summed E-state index contributed by atoms with van der Waals surface area (Å²) >= 11 is 0. The lowest BCUT2D eigenvalue weighted by Gasteiger charge is -2.24. The molecule has 1 aromatic heterocycles. The van der Waals surface area contributed by atoms with E-state index in [-0.39, 0.29) is 102 Å². The van der Waals surface area contributed by atoms with Crippen molar-refractivity contribution in [3.8, 4) is 46.0 Å². The van der Waals surface area contributed by atoms with Crippen LogP contribution < -0.4 is 37.6 Å². The summed E-state index contributed by atoms with van der Waals surface area (Å²) in [5.41, 5.74) is 7.67. The highest BCUT2D eigenvalue weighted by molar-refractivity contribution is 5.93. The molecule has 2 fully saturated rings. The average Bonchev–Trinajstić information content (AvgIpc) is 0.960. The van der Waals surface area contributed by atoms with Gasteiger partial charge in [-0.2, -0.15) is 0 Å². The van der Waals surface area contributed by atoms with E-state index in [0.29, 0.717) is 11.1 Å². The number of H-pyrrole nitrogens is 1. The number of ketones is 1. The third kappa shape index (κ3) is 73.0. The molecule has 0 radical (unpaired) electrons. The van der Waals surface area contributed by atoms with E-state index in [0.717, 1.165) is 68.0 Å². The number of carboxylic acid groups (broad SMARTS) is 7. The molecule has 0 spiro atoms. The van der Waals surface area contributed by atoms with E-state index in [1.807, 2.05) is 54.6 Å². The summed E-state index contributed by atoms with van der Waals surface area (Å²) < 4.78 is 0. The van der Waals surface area contributed by atoms with Gasteiger partial charge >= 0.3 is 59.9 Å². The Labute approximate surface area is 725 Å². The first-order valence-electron chi connectivity index (χ1n) is 36.4. The summed E-state index contributed by atoms with van der Waals surface area (Å²) in [7, 11) is 3.14. The molecule has 5 atom stereocenters. The van der Waals surface area contributed by atoms with Crippen molar-refractivity contribution in [3.63, 3.8) is 0 Å². The Morgan fingerprint density at radius 2 is 0.890 bits per heavy atom. The van der Waals surface area contributed by atoms with Gasteiger partial charge in [-0.25, -0.2) is 43.3 Å². The zero-order chi connectivity index (χ0) is 97.8. The van der Waals surface area contributed by atoms with Gasteiger partial charge in [0.25, 0.3) is 0 Å². The molecule has 2 aliphatic heterocycles. The van der Waals surface area contributed by atoms with Crippen molar-refractivity contribution < 1.29 is 180 Å². The molecule has 0 bridgehead atoms. The lowest BCUT2D eigenvalue weighted by atomic mass is 10.0. The minimum absolute atomic E-state index is 0.0359. The summed E-state index contributed by atoms with van der Waals surface area (Å²) in [6.45, 7) is 4.08. The Balaban J connectivity index is -0.000000422. The number of carbonyl (C=O) groups is 12. The van der Waals surface area contributed by atoms with E-state index >= 15 is 0 Å². The number of rotatable bonds is 19. The molecule has 10 rings (SSSR count). The van der Waals surface area contributed by atoms with E-state index in [4.69, 9.17) is 128 Å². The lowest BCUT2D eigenvalue weighted by molar-refractivity contribution is -0.145. The number of aromatic amines is 1. The third-order valence-corrected chi connectivity index (χ3v) is 13.3. The average molecular weight is 1800 g/mol. The number of aromatic carboxylic acids is 2. The van der Waals surface area contributed by atoms with Gasteiger partial charge in [0.15, 0.2) is 28.7 Å². The van der Waals surface area contributed by atoms with Gasteiger partial charge < -0.3 is 170 Å². The molecule has 127 heavy (non-hydrogen) atoms. The topological polar surface area (TPSA) is 817 Å². The number of amides is 7. The molecule has 698 valence electrons. The van der Waals surface area contributed by atoms with Crippen molar-refractivity contribution in [1.82, 2.24) is 41.9 Å². The Morgan fingerprint density at radius 1 is 0.465 bits per heavy atom. The second kappa shape index (κ2) is 75.5. The summed E-state index contributed by atoms with van der Waals surface area (Å²) in [6.07, 6.45) is 3.67. The van der Waals surface area contributed by atoms with Crippen molar-refractivity contribution in [3.05, 3.63) is 234 Å². The first-order chi connectivity index (χ1) is 59.8. The predicted molar refractivity (Wildman–Crippen MR) is 454 cm³/mol. The Bertz CT molecular complexity index is 4340. The number of nitrogens with two attached hydrogens (primary N) is 1. The van der Waals surface area contributed by atoms with Crippen LogP contribution in [-0.2, 0) is 35.2 Å². The van der Waals surface area contributed by atoms with E-state index in [9.17, 15) is 57.5 Å². The molecule has 2 saturated heterocycles. The van der Waals surface area contributed by atoms with Gasteiger partial charge in [-0.1, -0.05) is 91.0 Å². The fourth-order valence-corrected chi connectivity index (χ4v) is 7.00. The first-order valence-corrected chi connectivity index (χ1v) is 36.4. The number of aliphatic hydroxyl groups is 9. The summed E-state index contributed by atoms with van der Waals surface area (Å²) in [5, 5.41) is 219. The van der Waals surface area contributed by atoms with Crippen LogP contribution in [0.25, 0.3) is 12.2 Å². The first kappa shape index (κ1) is 120. The summed E-state index contributed by atoms with van der Waals surface area (Å²) in [5.74, 6) is -9.90. The molecule has 0 aliphatic carbocycles. The Kier molecular flexibility index (Phi) is 71.3. The number of imidazole rings is 1. The molecule has 7 amide bonds. The molecule has 1 unspecified atom stereocenters. The largest absolute Gasteiger partial charge is 0.508 e. The van der Waals surface area contributed by atoms with Crippen LogP contribution in [0.2, 0.25) is 0 Å². The molecule has 7 aromatic carbocycles. The highest BCUT2D eigenvalue weighted by Crippen LogP contribution is 2.35. The van der Waals surface area contributed by atoms with Gasteiger partial charge in [-0.15, -0.1) is 0 Å². The second-order valence-electron chi connectivity index (χ2n) is 23.7. The van der Waals surface area contributed by atoms with Gasteiger partial charge in [-0.05, 0) is 122 Å². The molecule has 2 aliphatic rings. The molecule has 45 heteroatoms. The maximum Gasteiger partial charge on any atom is 0.335 e. The van der Waals surface area contributed by atoms with Crippen LogP contribution in [-0.4, -0.2) is 301 Å². The quantitative estimate of drug-likeness (QED) is 0.0406. The predicted octanol–water partition coefficient (Wildman–Crippen LogP) is 1.99. The van der Waals surface area contributed by atoms with Crippen LogP contribution in [0.3, 0.4) is 0 Å². The number of carbonyl (C=O) groups excluding carboxylic acids is 5. The van der Waals surface area contributed by atoms with Crippen molar-refractivity contribution >= 4 is 83.7 Å². The van der Waals surface area contributed by atoms with E-state index in [2.05, 4.69) is 41.9 Å². The van der Waals surface area contributed by atoms with Crippen LogP contribution >= 0.6 is 0 Å². The number of primary amides is 1. The molecule has 33 N–H and O–H groups in total. The number of Topliss-reactive ketones (excluding diaryl/α,β-unsaturated/α-hetero) is 1. The maximum atomic E-state index is 10.4. The number of carboxylic acids is 7. The minimum Gasteiger partial charge on any atom is -0.508 e. The zero-order valence-corrected chi connectivity index (χ0v) is 68.7. The van der Waals surface area contributed by atoms with Gasteiger partial charge in [0.2, 0.25) is 5.91 Å². The number of hydrogen-bond donors (Lipinski definition) is 32. The molecule has 45 nitrogen and oxygen atoms in total. The number of nitrogens with zero attached hydrogens (tertiary/aromatic N) is 1. The second-order valence-corrected chi connectivity index (χ2v) is 23.7. The fraction of sp³-hybridized carbons (Fsp3) is 0.256. The number of aliphatic hydroxyl groups excluding tert-OH is 9. The van der Waals surface area contributed by atoms with Crippen molar-refractivity contribution in [2.75, 3.05) is 66.7 Å². The van der Waals surface area contributed by atoms with Gasteiger partial charge in [-0.3, -0.25) is 14.4 Å². The van der Waals surface area contributed by atoms with Crippen LogP contribution in [0.15, 0.2) is 201 Å². The summed E-state index contributed by atoms with van der Waals surface area (Å²) in [6, 6.07) is 43.9. The number of aliphatic carboxylic acids is 5. The molecular weight excluding hydrogens is 1690 g/mol. The van der Waals surface area contributed by atoms with Crippen LogP contribution in [0.5, 0.6) is 46.0 Å². The number of phenolic OH excluding ortho intramolecular Hbond substituents is 8. The Morgan fingerprint density at radius 3 is 1.17 bits per heavy atom. The SMILES string of the molecule is CC(=O)CCC(=O)O.CC(O)C(=O)O.CNC(=O)NC.NC(=O)c1ccccc1.O=C(O)/C=C/c1ccc(O)c(O)c1.O=C(O)/C=C/c1ccccc1.O=C(O)Cc1ccccc1.O=C(O)c1cc(O)c(O)c(O)c1.O=C(O)c1ccc(O)cc1.O=C1NCCCN1.O=C1NCCN1.OCCO.OC[C@@H](O)[C@@H](O)[C@H](O)[C@@H](O)CO.Oc1cccc(O)c1.c1c[nH]cn1. The number of hydrogen-bond acceptors (Lipinski definition) is 30. The third-order valence-electron chi connectivity index (χ3n) is 13.3. The van der Waals surface area contributed by atoms with E-state index in [1.165, 1.54) is 80.6 Å². The monoisotopic (exact) mass is 1800 g/mol. The number of urea groups is 3. The Hall–Kier alpha value is -15.5. The number of benzene rings is 7. The molecular formula is C82H109N9O36. The number of nitrogens with one attached hydrogen (secondary N) is 7. The highest BCUT2D eigenvalue weighted by Gasteiger charge is 2.29. The van der Waals surface area contributed by atoms with Gasteiger partial charge in [0.05, 0.1) is 56.7 Å². The van der Waals surface area contributed by atoms with Crippen molar-refractivity contribution in [2.45, 2.75) is 70.1 Å². The van der Waals surface area contributed by atoms with Crippen LogP contribution in [0, 0.1) is 0 Å². The zero-order valence-electron chi connectivity index (χ0n) is 68.7. The highest BCUT2D eigenvalue weighted by atomic mass is 16.4. The number of aromatic nitrogens is 2. The molecule has 0 saturated carbocycles. The maximum absolute atomic E-state index is 10.4. The van der Waals surface area contributed by atoms with Gasteiger partial charge in [0.1, 0.15) is 53.6 Å². The van der Waals surface area contributed by atoms with Crippen molar-refractivity contribution in [1.29, 1.82) is 0 Å².